The SMILES string of the molecule is CN/C(=C\N(N)c1cccc(S(=O)(=O)Nc2ccccc2C(F)(F)F)c1)CCC(C)C. The molecule has 0 spiro atoms. The minimum absolute atomic E-state index is 0.209. The van der Waals surface area contributed by atoms with E-state index in [-0.39, 0.29) is 4.90 Å². The van der Waals surface area contributed by atoms with Gasteiger partial charge in [-0.05, 0) is 49.1 Å². The van der Waals surface area contributed by atoms with Gasteiger partial charge in [-0.2, -0.15) is 13.2 Å². The van der Waals surface area contributed by atoms with Gasteiger partial charge in [0.15, 0.2) is 0 Å². The van der Waals surface area contributed by atoms with E-state index >= 15 is 0 Å². The van der Waals surface area contributed by atoms with E-state index in [2.05, 4.69) is 19.2 Å². The molecule has 10 heteroatoms. The Balaban J connectivity index is 2.30. The van der Waals surface area contributed by atoms with E-state index in [0.29, 0.717) is 11.6 Å². The van der Waals surface area contributed by atoms with E-state index in [0.717, 1.165) is 30.7 Å². The molecule has 0 fully saturated rings. The molecule has 0 heterocycles. The first-order chi connectivity index (χ1) is 14.4. The average Bonchev–Trinajstić information content (AvgIpc) is 2.70. The van der Waals surface area contributed by atoms with Crippen molar-refractivity contribution in [3.63, 3.8) is 0 Å². The predicted molar refractivity (Wildman–Crippen MR) is 117 cm³/mol. The first-order valence-corrected chi connectivity index (χ1v) is 11.1. The van der Waals surface area contributed by atoms with Gasteiger partial charge in [0.05, 0.1) is 21.8 Å². The van der Waals surface area contributed by atoms with Crippen molar-refractivity contribution in [2.45, 2.75) is 37.8 Å². The number of benzene rings is 2. The molecule has 0 saturated carbocycles. The Morgan fingerprint density at radius 2 is 1.84 bits per heavy atom. The molecule has 0 radical (unpaired) electrons. The van der Waals surface area contributed by atoms with Crippen molar-refractivity contribution >= 4 is 21.4 Å². The number of nitrogens with two attached hydrogens (primary N) is 1. The standard InChI is InChI=1S/C21H27F3N4O2S/c1-15(2)11-12-16(26-3)14-28(25)17-7-6-8-18(13-17)31(29,30)27-20-10-5-4-9-19(20)21(22,23)24/h4-10,13-15,26-27H,11-12,25H2,1-3H3/b16-14-. The highest BCUT2D eigenvalue weighted by atomic mass is 32.2. The van der Waals surface area contributed by atoms with Crippen LogP contribution in [0.2, 0.25) is 0 Å². The van der Waals surface area contributed by atoms with Crippen LogP contribution in [0.3, 0.4) is 0 Å². The fraction of sp³-hybridized carbons (Fsp3) is 0.333. The van der Waals surface area contributed by atoms with E-state index in [9.17, 15) is 21.6 Å². The number of alkyl halides is 3. The van der Waals surface area contributed by atoms with E-state index in [1.807, 2.05) is 4.72 Å². The van der Waals surface area contributed by atoms with Crippen LogP contribution in [0, 0.1) is 5.92 Å². The first-order valence-electron chi connectivity index (χ1n) is 9.65. The molecule has 2 aromatic rings. The number of nitrogens with one attached hydrogen (secondary N) is 2. The fourth-order valence-corrected chi connectivity index (χ4v) is 3.89. The van der Waals surface area contributed by atoms with E-state index in [1.165, 1.54) is 35.3 Å². The number of allylic oxidation sites excluding steroid dienone is 1. The minimum atomic E-state index is -4.70. The third-order valence-corrected chi connectivity index (χ3v) is 5.87. The minimum Gasteiger partial charge on any atom is -0.390 e. The van der Waals surface area contributed by atoms with Gasteiger partial charge in [0.2, 0.25) is 0 Å². The van der Waals surface area contributed by atoms with E-state index in [4.69, 9.17) is 5.84 Å². The van der Waals surface area contributed by atoms with Gasteiger partial charge >= 0.3 is 6.18 Å². The maximum absolute atomic E-state index is 13.2. The van der Waals surface area contributed by atoms with Crippen LogP contribution in [-0.4, -0.2) is 15.5 Å². The number of anilines is 2. The van der Waals surface area contributed by atoms with Gasteiger partial charge in [-0.1, -0.05) is 32.0 Å². The van der Waals surface area contributed by atoms with Crippen LogP contribution < -0.4 is 20.9 Å². The summed E-state index contributed by atoms with van der Waals surface area (Å²) in [4.78, 5) is -0.209. The van der Waals surface area contributed by atoms with E-state index in [1.54, 1.807) is 19.3 Å². The summed E-state index contributed by atoms with van der Waals surface area (Å²) in [5.74, 6) is 6.58. The molecule has 4 N–H and O–H groups in total. The van der Waals surface area contributed by atoms with Crippen molar-refractivity contribution in [3.05, 3.63) is 66.0 Å². The van der Waals surface area contributed by atoms with Gasteiger partial charge < -0.3 is 5.32 Å². The van der Waals surface area contributed by atoms with Crippen LogP contribution in [0.25, 0.3) is 0 Å². The zero-order valence-electron chi connectivity index (χ0n) is 17.6. The zero-order chi connectivity index (χ0) is 23.2. The Labute approximate surface area is 181 Å². The lowest BCUT2D eigenvalue weighted by Crippen LogP contribution is -2.27. The van der Waals surface area contributed by atoms with Crippen molar-refractivity contribution in [2.75, 3.05) is 16.8 Å². The summed E-state index contributed by atoms with van der Waals surface area (Å²) >= 11 is 0. The highest BCUT2D eigenvalue weighted by molar-refractivity contribution is 7.92. The van der Waals surface area contributed by atoms with E-state index < -0.39 is 27.5 Å². The molecule has 0 amide bonds. The lowest BCUT2D eigenvalue weighted by atomic mass is 10.1. The number of nitrogens with zero attached hydrogens (tertiary/aromatic N) is 1. The second kappa shape index (κ2) is 10.1. The maximum atomic E-state index is 13.2. The van der Waals surface area contributed by atoms with Crippen LogP contribution in [0.15, 0.2) is 65.3 Å². The van der Waals surface area contributed by atoms with Gasteiger partial charge in [-0.15, -0.1) is 0 Å². The molecule has 0 aliphatic heterocycles. The quantitative estimate of drug-likeness (QED) is 0.377. The van der Waals surface area contributed by atoms with Crippen LogP contribution in [0.4, 0.5) is 24.5 Å². The molecule has 2 rings (SSSR count). The number of hydrazine groups is 1. The smallest absolute Gasteiger partial charge is 0.390 e. The van der Waals surface area contributed by atoms with Crippen LogP contribution in [-0.2, 0) is 16.2 Å². The van der Waals surface area contributed by atoms with Crippen molar-refractivity contribution in [3.8, 4) is 0 Å². The third-order valence-electron chi connectivity index (χ3n) is 4.51. The number of rotatable bonds is 9. The zero-order valence-corrected chi connectivity index (χ0v) is 18.4. The predicted octanol–water partition coefficient (Wildman–Crippen LogP) is 4.68. The number of halogens is 3. The topological polar surface area (TPSA) is 87.5 Å². The lowest BCUT2D eigenvalue weighted by Gasteiger charge is -2.19. The van der Waals surface area contributed by atoms with Gasteiger partial charge in [0, 0.05) is 18.9 Å². The molecule has 6 nitrogen and oxygen atoms in total. The van der Waals surface area contributed by atoms with Crippen molar-refractivity contribution < 1.29 is 21.6 Å². The van der Waals surface area contributed by atoms with Gasteiger partial charge in [0.1, 0.15) is 0 Å². The summed E-state index contributed by atoms with van der Waals surface area (Å²) in [7, 11) is -2.51. The molecule has 0 saturated heterocycles. The molecule has 31 heavy (non-hydrogen) atoms. The maximum Gasteiger partial charge on any atom is 0.418 e. The average molecular weight is 457 g/mol. The largest absolute Gasteiger partial charge is 0.418 e. The fourth-order valence-electron chi connectivity index (χ4n) is 2.77. The Morgan fingerprint density at radius 1 is 1.16 bits per heavy atom. The van der Waals surface area contributed by atoms with Crippen LogP contribution >= 0.6 is 0 Å². The summed E-state index contributed by atoms with van der Waals surface area (Å²) in [6.07, 6.45) is -1.34. The Hall–Kier alpha value is -2.72. The molecule has 2 aromatic carbocycles. The Kier molecular flexibility index (Phi) is 7.96. The molecular formula is C21H27F3N4O2S. The summed E-state index contributed by atoms with van der Waals surface area (Å²) < 4.78 is 67.1. The Bertz CT molecular complexity index is 1020. The highest BCUT2D eigenvalue weighted by Gasteiger charge is 2.34. The molecule has 0 unspecified atom stereocenters. The number of sulfonamides is 1. The molecule has 170 valence electrons. The summed E-state index contributed by atoms with van der Waals surface area (Å²) in [6.45, 7) is 4.21. The first kappa shape index (κ1) is 24.5. The second-order valence-corrected chi connectivity index (χ2v) is 9.07. The third kappa shape index (κ3) is 6.90. The number of hydrogen-bond acceptors (Lipinski definition) is 5. The number of para-hydroxylation sites is 1. The second-order valence-electron chi connectivity index (χ2n) is 7.39. The van der Waals surface area contributed by atoms with Crippen molar-refractivity contribution in [1.82, 2.24) is 5.32 Å². The monoisotopic (exact) mass is 456 g/mol. The molecule has 0 aliphatic rings. The van der Waals surface area contributed by atoms with Gasteiger partial charge in [0.25, 0.3) is 10.0 Å². The van der Waals surface area contributed by atoms with Crippen LogP contribution in [0.1, 0.15) is 32.3 Å². The normalized spacial score (nSPS) is 12.7. The molecular weight excluding hydrogens is 429 g/mol. The molecule has 0 aromatic heterocycles. The van der Waals surface area contributed by atoms with Crippen LogP contribution in [0.5, 0.6) is 0 Å². The van der Waals surface area contributed by atoms with Gasteiger partial charge in [-0.25, -0.2) is 14.3 Å². The highest BCUT2D eigenvalue weighted by Crippen LogP contribution is 2.35. The summed E-state index contributed by atoms with van der Waals surface area (Å²) in [6, 6.07) is 10.1. The number of hydrogen-bond donors (Lipinski definition) is 3. The molecule has 0 bridgehead atoms. The lowest BCUT2D eigenvalue weighted by molar-refractivity contribution is -0.136. The molecule has 0 aliphatic carbocycles. The van der Waals surface area contributed by atoms with Crippen molar-refractivity contribution in [1.29, 1.82) is 0 Å². The molecule has 0 atom stereocenters. The summed E-state index contributed by atoms with van der Waals surface area (Å²) in [5, 5.41) is 4.33. The summed E-state index contributed by atoms with van der Waals surface area (Å²) in [5.41, 5.74) is -0.385. The Morgan fingerprint density at radius 3 is 2.45 bits per heavy atom. The van der Waals surface area contributed by atoms with Gasteiger partial charge in [-0.3, -0.25) is 9.73 Å². The van der Waals surface area contributed by atoms with Crippen molar-refractivity contribution in [2.24, 2.45) is 11.8 Å².